The maximum Gasteiger partial charge on any atom is 0.245 e. The number of H-pyrrole nitrogens is 1. The third-order valence-electron chi connectivity index (χ3n) is 4.03. The summed E-state index contributed by atoms with van der Waals surface area (Å²) in [6.45, 7) is 2.91. The lowest BCUT2D eigenvalue weighted by Gasteiger charge is -2.23. The Morgan fingerprint density at radius 1 is 1.35 bits per heavy atom. The van der Waals surface area contributed by atoms with E-state index in [0.29, 0.717) is 24.4 Å². The van der Waals surface area contributed by atoms with Gasteiger partial charge in [0.25, 0.3) is 0 Å². The molecule has 1 saturated carbocycles. The highest BCUT2D eigenvalue weighted by atomic mass is 32.2. The third kappa shape index (κ3) is 2.86. The number of carbonyl (C=O) groups is 1. The predicted molar refractivity (Wildman–Crippen MR) is 86.5 cm³/mol. The Morgan fingerprint density at radius 3 is 2.70 bits per heavy atom. The molecule has 8 heteroatoms. The van der Waals surface area contributed by atoms with Gasteiger partial charge in [-0.15, -0.1) is 0 Å². The van der Waals surface area contributed by atoms with Crippen LogP contribution in [-0.2, 0) is 14.6 Å². The summed E-state index contributed by atoms with van der Waals surface area (Å²) in [5, 5.41) is 8.83. The molecule has 1 aromatic heterocycles. The average Bonchev–Trinajstić information content (AvgIpc) is 3.23. The van der Waals surface area contributed by atoms with Crippen LogP contribution in [0.15, 0.2) is 30.6 Å². The number of hydrogen-bond acceptors (Lipinski definition) is 5. The first-order valence-corrected chi connectivity index (χ1v) is 8.88. The van der Waals surface area contributed by atoms with Crippen molar-refractivity contribution in [1.82, 2.24) is 15.2 Å². The van der Waals surface area contributed by atoms with Crippen molar-refractivity contribution in [1.29, 1.82) is 0 Å². The van der Waals surface area contributed by atoms with E-state index in [1.54, 1.807) is 18.2 Å². The summed E-state index contributed by atoms with van der Waals surface area (Å²) >= 11 is 0. The Hall–Kier alpha value is -2.22. The van der Waals surface area contributed by atoms with Crippen molar-refractivity contribution in [3.8, 4) is 11.4 Å². The van der Waals surface area contributed by atoms with Gasteiger partial charge in [-0.1, -0.05) is 12.1 Å². The Morgan fingerprint density at radius 2 is 2.09 bits per heavy atom. The van der Waals surface area contributed by atoms with E-state index in [2.05, 4.69) is 20.5 Å². The summed E-state index contributed by atoms with van der Waals surface area (Å²) in [4.78, 5) is 16.5. The Kier molecular flexibility index (Phi) is 3.71. The number of nitrogens with one attached hydrogen (secondary N) is 2. The van der Waals surface area contributed by atoms with Crippen molar-refractivity contribution < 1.29 is 13.2 Å². The van der Waals surface area contributed by atoms with Gasteiger partial charge in [-0.05, 0) is 38.8 Å². The average molecular weight is 334 g/mol. The summed E-state index contributed by atoms with van der Waals surface area (Å²) in [5.74, 6) is 0.0464. The minimum absolute atomic E-state index is 0.385. The van der Waals surface area contributed by atoms with Crippen LogP contribution >= 0.6 is 0 Å². The molecule has 0 radical (unpaired) electrons. The molecule has 23 heavy (non-hydrogen) atoms. The van der Waals surface area contributed by atoms with Crippen LogP contribution in [0.1, 0.15) is 26.7 Å². The van der Waals surface area contributed by atoms with Crippen LogP contribution < -0.4 is 5.32 Å². The van der Waals surface area contributed by atoms with E-state index in [4.69, 9.17) is 0 Å². The van der Waals surface area contributed by atoms with Gasteiger partial charge in [-0.2, -0.15) is 5.10 Å². The zero-order valence-electron chi connectivity index (χ0n) is 12.9. The number of amides is 1. The molecule has 1 amide bonds. The highest BCUT2D eigenvalue weighted by molar-refractivity contribution is 7.94. The second-order valence-corrected chi connectivity index (χ2v) is 8.90. The summed E-state index contributed by atoms with van der Waals surface area (Å²) in [5.41, 5.74) is 1.27. The van der Waals surface area contributed by atoms with Crippen molar-refractivity contribution >= 4 is 21.4 Å². The quantitative estimate of drug-likeness (QED) is 0.867. The highest BCUT2D eigenvalue weighted by Crippen LogP contribution is 2.36. The fourth-order valence-corrected chi connectivity index (χ4v) is 4.19. The molecule has 1 aliphatic carbocycles. The molecule has 2 aromatic rings. The zero-order valence-corrected chi connectivity index (χ0v) is 13.7. The third-order valence-corrected chi connectivity index (χ3v) is 6.99. The van der Waals surface area contributed by atoms with Crippen molar-refractivity contribution in [2.75, 3.05) is 5.32 Å². The fourth-order valence-electron chi connectivity index (χ4n) is 2.29. The smallest absolute Gasteiger partial charge is 0.245 e. The summed E-state index contributed by atoms with van der Waals surface area (Å²) in [6.07, 6.45) is 2.67. The number of nitrogens with zero attached hydrogens (tertiary/aromatic N) is 2. The molecule has 1 fully saturated rings. The molecule has 1 aliphatic rings. The standard InChI is InChI=1S/C15H18N4O3S/c1-15(2,23(21,22)12-6-7-12)14(20)18-11-5-3-4-10(8-11)13-16-9-17-19-13/h3-5,8-9,12H,6-7H2,1-2H3,(H,18,20)(H,16,17,19). The molecule has 2 N–H and O–H groups in total. The van der Waals surface area contributed by atoms with Crippen molar-refractivity contribution in [3.63, 3.8) is 0 Å². The molecule has 3 rings (SSSR count). The van der Waals surface area contributed by atoms with E-state index in [0.717, 1.165) is 5.56 Å². The summed E-state index contributed by atoms with van der Waals surface area (Å²) < 4.78 is 23.4. The van der Waals surface area contributed by atoms with Crippen LogP contribution in [0.4, 0.5) is 5.69 Å². The maximum atomic E-state index is 12.5. The van der Waals surface area contributed by atoms with E-state index in [1.807, 2.05) is 6.07 Å². The van der Waals surface area contributed by atoms with Crippen molar-refractivity contribution in [2.24, 2.45) is 0 Å². The molecule has 0 unspecified atom stereocenters. The van der Waals surface area contributed by atoms with E-state index < -0.39 is 20.5 Å². The molecular formula is C15H18N4O3S. The SMILES string of the molecule is CC(C)(C(=O)Nc1cccc(-c2ncn[nH]2)c1)S(=O)(=O)C1CC1. The predicted octanol–water partition coefficient (Wildman–Crippen LogP) is 1.77. The molecule has 1 aromatic carbocycles. The number of aromatic nitrogens is 3. The molecule has 0 bridgehead atoms. The highest BCUT2D eigenvalue weighted by Gasteiger charge is 2.50. The normalized spacial score (nSPS) is 15.4. The van der Waals surface area contributed by atoms with Gasteiger partial charge in [-0.3, -0.25) is 9.89 Å². The minimum atomic E-state index is -3.48. The second kappa shape index (κ2) is 5.45. The van der Waals surface area contributed by atoms with Crippen LogP contribution in [0.3, 0.4) is 0 Å². The fraction of sp³-hybridized carbons (Fsp3) is 0.400. The molecule has 0 spiro atoms. The largest absolute Gasteiger partial charge is 0.325 e. The second-order valence-electron chi connectivity index (χ2n) is 6.12. The van der Waals surface area contributed by atoms with E-state index in [-0.39, 0.29) is 5.25 Å². The molecule has 7 nitrogen and oxygen atoms in total. The van der Waals surface area contributed by atoms with Crippen LogP contribution in [0.25, 0.3) is 11.4 Å². The van der Waals surface area contributed by atoms with Crippen molar-refractivity contribution in [3.05, 3.63) is 30.6 Å². The number of sulfone groups is 1. The summed E-state index contributed by atoms with van der Waals surface area (Å²) in [7, 11) is -3.48. The molecule has 0 saturated heterocycles. The first-order valence-electron chi connectivity index (χ1n) is 7.33. The van der Waals surface area contributed by atoms with Gasteiger partial charge in [0.2, 0.25) is 5.91 Å². The molecule has 1 heterocycles. The van der Waals surface area contributed by atoms with E-state index >= 15 is 0 Å². The Bertz CT molecular complexity index is 824. The number of carbonyl (C=O) groups excluding carboxylic acids is 1. The van der Waals surface area contributed by atoms with Gasteiger partial charge < -0.3 is 5.32 Å². The molecule has 0 atom stereocenters. The maximum absolute atomic E-state index is 12.5. The Labute approximate surface area is 134 Å². The molecule has 0 aliphatic heterocycles. The van der Waals surface area contributed by atoms with Gasteiger partial charge in [0.05, 0.1) is 5.25 Å². The van der Waals surface area contributed by atoms with Gasteiger partial charge in [-0.25, -0.2) is 13.4 Å². The zero-order chi connectivity index (χ0) is 16.7. The number of rotatable bonds is 5. The van der Waals surface area contributed by atoms with Gasteiger partial charge >= 0.3 is 0 Å². The lowest BCUT2D eigenvalue weighted by Crippen LogP contribution is -2.46. The lowest BCUT2D eigenvalue weighted by molar-refractivity contribution is -0.117. The van der Waals surface area contributed by atoms with Crippen LogP contribution in [0.2, 0.25) is 0 Å². The molecule has 122 valence electrons. The number of anilines is 1. The topological polar surface area (TPSA) is 105 Å². The first-order chi connectivity index (χ1) is 10.8. The van der Waals surface area contributed by atoms with Gasteiger partial charge in [0.15, 0.2) is 15.7 Å². The number of aromatic amines is 1. The van der Waals surface area contributed by atoms with E-state index in [9.17, 15) is 13.2 Å². The monoisotopic (exact) mass is 334 g/mol. The van der Waals surface area contributed by atoms with E-state index in [1.165, 1.54) is 20.2 Å². The van der Waals surface area contributed by atoms with Gasteiger partial charge in [0.1, 0.15) is 11.1 Å². The summed E-state index contributed by atoms with van der Waals surface area (Å²) in [6, 6.07) is 7.01. The Balaban J connectivity index is 1.82. The van der Waals surface area contributed by atoms with Crippen LogP contribution in [-0.4, -0.2) is 39.5 Å². The molecular weight excluding hydrogens is 316 g/mol. The number of hydrogen-bond donors (Lipinski definition) is 2. The van der Waals surface area contributed by atoms with Crippen molar-refractivity contribution in [2.45, 2.75) is 36.7 Å². The minimum Gasteiger partial charge on any atom is -0.325 e. The van der Waals surface area contributed by atoms with Gasteiger partial charge in [0, 0.05) is 11.3 Å². The number of benzene rings is 1. The lowest BCUT2D eigenvalue weighted by atomic mass is 10.1. The first kappa shape index (κ1) is 15.7. The van der Waals surface area contributed by atoms with Crippen LogP contribution in [0.5, 0.6) is 0 Å². The van der Waals surface area contributed by atoms with Crippen LogP contribution in [0, 0.1) is 0 Å².